The van der Waals surface area contributed by atoms with Crippen LogP contribution in [0, 0.1) is 13.8 Å². The smallest absolute Gasteiger partial charge is 0.355 e. The van der Waals surface area contributed by atoms with Gasteiger partial charge in [0.1, 0.15) is 5.69 Å². The molecule has 2 heterocycles. The number of aromatic amines is 1. The topological polar surface area (TPSA) is 82.6 Å². The van der Waals surface area contributed by atoms with E-state index in [9.17, 15) is 14.7 Å². The molecule has 24 heavy (non-hydrogen) atoms. The molecule has 2 N–H and O–H groups in total. The van der Waals surface area contributed by atoms with Crippen LogP contribution in [-0.4, -0.2) is 46.1 Å². The summed E-state index contributed by atoms with van der Waals surface area (Å²) in [5.74, 6) is -0.688. The molecule has 6 nitrogen and oxygen atoms in total. The van der Waals surface area contributed by atoms with E-state index in [-0.39, 0.29) is 18.6 Å². The second kappa shape index (κ2) is 7.83. The maximum Gasteiger partial charge on any atom is 0.355 e. The van der Waals surface area contributed by atoms with Crippen molar-refractivity contribution in [2.75, 3.05) is 13.2 Å². The quantitative estimate of drug-likeness (QED) is 0.810. The summed E-state index contributed by atoms with van der Waals surface area (Å²) in [7, 11) is 0. The van der Waals surface area contributed by atoms with Crippen molar-refractivity contribution in [2.45, 2.75) is 65.5 Å². The molecule has 0 bridgehead atoms. The molecular formula is C18H28N2O4. The van der Waals surface area contributed by atoms with Gasteiger partial charge in [0.05, 0.1) is 6.10 Å². The lowest BCUT2D eigenvalue weighted by Gasteiger charge is -2.35. The Morgan fingerprint density at radius 1 is 1.38 bits per heavy atom. The minimum absolute atomic E-state index is 0.133. The summed E-state index contributed by atoms with van der Waals surface area (Å²) in [4.78, 5) is 29.4. The molecule has 1 aliphatic heterocycles. The number of aliphatic hydroxyl groups excluding tert-OH is 1. The van der Waals surface area contributed by atoms with E-state index in [4.69, 9.17) is 4.74 Å². The lowest BCUT2D eigenvalue weighted by Crippen LogP contribution is -2.45. The van der Waals surface area contributed by atoms with Crippen molar-refractivity contribution < 1.29 is 19.4 Å². The van der Waals surface area contributed by atoms with E-state index in [0.29, 0.717) is 16.8 Å². The van der Waals surface area contributed by atoms with Crippen LogP contribution in [0.2, 0.25) is 0 Å². The first-order valence-corrected chi connectivity index (χ1v) is 8.70. The molecule has 0 aliphatic carbocycles. The Labute approximate surface area is 143 Å². The monoisotopic (exact) mass is 336 g/mol. The number of nitrogens with zero attached hydrogens (tertiary/aromatic N) is 1. The molecule has 6 heteroatoms. The molecule has 0 spiro atoms. The Bertz CT molecular complexity index is 606. The summed E-state index contributed by atoms with van der Waals surface area (Å²) in [6, 6.07) is 0.251. The lowest BCUT2D eigenvalue weighted by atomic mass is 10.00. The number of aliphatic hydroxyl groups is 1. The maximum atomic E-state index is 12.4. The summed E-state index contributed by atoms with van der Waals surface area (Å²) in [6.45, 7) is 7.80. The van der Waals surface area contributed by atoms with Crippen molar-refractivity contribution in [2.24, 2.45) is 0 Å². The fourth-order valence-electron chi connectivity index (χ4n) is 3.63. The van der Waals surface area contributed by atoms with Gasteiger partial charge in [0.2, 0.25) is 0 Å². The van der Waals surface area contributed by atoms with Crippen molar-refractivity contribution in [3.8, 4) is 0 Å². The van der Waals surface area contributed by atoms with Crippen LogP contribution in [0.25, 0.3) is 0 Å². The number of carbonyl (C=O) groups excluding carboxylic acids is 2. The van der Waals surface area contributed by atoms with Gasteiger partial charge in [-0.3, -0.25) is 4.79 Å². The number of ether oxygens (including phenoxy) is 1. The summed E-state index contributed by atoms with van der Waals surface area (Å²) < 4.78 is 5.22. The number of likely N-dealkylation sites (tertiary alicyclic amines) is 1. The molecule has 1 saturated heterocycles. The third-order valence-electron chi connectivity index (χ3n) is 4.86. The van der Waals surface area contributed by atoms with Crippen molar-refractivity contribution in [1.29, 1.82) is 0 Å². The average Bonchev–Trinajstić information content (AvgIpc) is 2.86. The molecule has 0 aromatic carbocycles. The first-order valence-electron chi connectivity index (χ1n) is 8.70. The van der Waals surface area contributed by atoms with Crippen molar-refractivity contribution in [3.63, 3.8) is 0 Å². The summed E-state index contributed by atoms with van der Waals surface area (Å²) in [5, 5.41) is 9.79. The van der Waals surface area contributed by atoms with Crippen LogP contribution in [0.5, 0.6) is 0 Å². The Hall–Kier alpha value is -1.82. The molecule has 1 aromatic heterocycles. The molecular weight excluding hydrogens is 308 g/mol. The van der Waals surface area contributed by atoms with Crippen LogP contribution in [0.15, 0.2) is 0 Å². The van der Waals surface area contributed by atoms with Gasteiger partial charge in [-0.25, -0.2) is 4.79 Å². The number of nitrogens with one attached hydrogen (secondary N) is 1. The number of amides is 1. The Morgan fingerprint density at radius 2 is 2.08 bits per heavy atom. The van der Waals surface area contributed by atoms with E-state index in [1.807, 2.05) is 4.90 Å². The van der Waals surface area contributed by atoms with Gasteiger partial charge >= 0.3 is 5.97 Å². The second-order valence-corrected chi connectivity index (χ2v) is 6.56. The van der Waals surface area contributed by atoms with Gasteiger partial charge in [-0.2, -0.15) is 0 Å². The van der Waals surface area contributed by atoms with E-state index in [1.54, 1.807) is 20.8 Å². The van der Waals surface area contributed by atoms with E-state index < -0.39 is 12.1 Å². The minimum Gasteiger partial charge on any atom is -0.451 e. The first kappa shape index (κ1) is 18.5. The highest BCUT2D eigenvalue weighted by atomic mass is 16.5. The fourth-order valence-corrected chi connectivity index (χ4v) is 3.63. The summed E-state index contributed by atoms with van der Waals surface area (Å²) in [6.07, 6.45) is 3.42. The minimum atomic E-state index is -0.664. The van der Waals surface area contributed by atoms with Gasteiger partial charge in [-0.15, -0.1) is 0 Å². The van der Waals surface area contributed by atoms with E-state index in [1.165, 1.54) is 0 Å². The predicted molar refractivity (Wildman–Crippen MR) is 90.8 cm³/mol. The highest BCUT2D eigenvalue weighted by molar-refractivity contribution is 5.91. The number of hydrogen-bond acceptors (Lipinski definition) is 4. The zero-order valence-electron chi connectivity index (χ0n) is 15.0. The van der Waals surface area contributed by atoms with Crippen molar-refractivity contribution in [1.82, 2.24) is 9.88 Å². The average molecular weight is 336 g/mol. The van der Waals surface area contributed by atoms with Gasteiger partial charge in [0.25, 0.3) is 5.91 Å². The summed E-state index contributed by atoms with van der Waals surface area (Å²) >= 11 is 0. The van der Waals surface area contributed by atoms with E-state index in [0.717, 1.165) is 37.9 Å². The van der Waals surface area contributed by atoms with Gasteiger partial charge in [0, 0.05) is 23.8 Å². The highest BCUT2D eigenvalue weighted by Crippen LogP contribution is 2.25. The molecule has 2 atom stereocenters. The lowest BCUT2D eigenvalue weighted by molar-refractivity contribution is -0.138. The normalized spacial score (nSPS) is 19.2. The number of aryl methyl sites for hydroxylation is 1. The number of piperidine rings is 1. The van der Waals surface area contributed by atoms with Gasteiger partial charge in [-0.1, -0.05) is 6.92 Å². The fraction of sp³-hybridized carbons (Fsp3) is 0.667. The Balaban J connectivity index is 2.00. The van der Waals surface area contributed by atoms with Gasteiger partial charge in [-0.05, 0) is 52.0 Å². The third-order valence-corrected chi connectivity index (χ3v) is 4.86. The molecule has 2 rings (SSSR count). The van der Waals surface area contributed by atoms with Crippen LogP contribution < -0.4 is 0 Å². The molecule has 0 saturated carbocycles. The molecule has 134 valence electrons. The molecule has 0 unspecified atom stereocenters. The van der Waals surface area contributed by atoms with E-state index >= 15 is 0 Å². The maximum absolute atomic E-state index is 12.4. The van der Waals surface area contributed by atoms with Crippen molar-refractivity contribution in [3.05, 3.63) is 22.5 Å². The number of aromatic nitrogens is 1. The largest absolute Gasteiger partial charge is 0.451 e. The Kier molecular flexibility index (Phi) is 6.04. The molecule has 1 aliphatic rings. The zero-order valence-corrected chi connectivity index (χ0v) is 15.0. The SMILES string of the molecule is CC[C@H]1CCCCN1C(=O)COC(=O)c1[nH]c(C)c([C@@H](C)O)c1C. The molecule has 1 amide bonds. The van der Waals surface area contributed by atoms with Gasteiger partial charge in [0.15, 0.2) is 6.61 Å². The number of esters is 1. The number of rotatable bonds is 5. The van der Waals surface area contributed by atoms with Crippen LogP contribution in [0.1, 0.15) is 72.9 Å². The van der Waals surface area contributed by atoms with Crippen LogP contribution in [0.4, 0.5) is 0 Å². The second-order valence-electron chi connectivity index (χ2n) is 6.56. The number of hydrogen-bond donors (Lipinski definition) is 2. The first-order chi connectivity index (χ1) is 11.4. The standard InChI is InChI=1S/C18H28N2O4/c1-5-14-8-6-7-9-20(14)15(22)10-24-18(23)17-11(2)16(13(4)21)12(3)19-17/h13-14,19,21H,5-10H2,1-4H3/t13-,14+/m1/s1. The van der Waals surface area contributed by atoms with Crippen LogP contribution >= 0.6 is 0 Å². The van der Waals surface area contributed by atoms with E-state index in [2.05, 4.69) is 11.9 Å². The van der Waals surface area contributed by atoms with Crippen LogP contribution in [0.3, 0.4) is 0 Å². The summed E-state index contributed by atoms with van der Waals surface area (Å²) in [5.41, 5.74) is 2.42. The predicted octanol–water partition coefficient (Wildman–Crippen LogP) is 2.63. The van der Waals surface area contributed by atoms with Gasteiger partial charge < -0.3 is 19.7 Å². The zero-order chi connectivity index (χ0) is 17.9. The third kappa shape index (κ3) is 3.80. The number of H-pyrrole nitrogens is 1. The van der Waals surface area contributed by atoms with Crippen LogP contribution in [-0.2, 0) is 9.53 Å². The highest BCUT2D eigenvalue weighted by Gasteiger charge is 2.27. The van der Waals surface area contributed by atoms with Crippen molar-refractivity contribution >= 4 is 11.9 Å². The molecule has 1 aromatic rings. The number of carbonyl (C=O) groups is 2. The Morgan fingerprint density at radius 3 is 2.67 bits per heavy atom. The molecule has 0 radical (unpaired) electrons. The molecule has 1 fully saturated rings.